The fourth-order valence-corrected chi connectivity index (χ4v) is 1.08. The maximum Gasteiger partial charge on any atom is 0.409 e. The van der Waals surface area contributed by atoms with Crippen LogP contribution in [0.4, 0.5) is 4.79 Å². The largest absolute Gasteiger partial charge is 0.445 e. The molecule has 5 heteroatoms. The molecule has 2 atom stereocenters. The number of amides is 1. The van der Waals surface area contributed by atoms with Crippen LogP contribution in [-0.4, -0.2) is 36.6 Å². The van der Waals surface area contributed by atoms with Crippen molar-refractivity contribution in [2.75, 3.05) is 13.1 Å². The zero-order chi connectivity index (χ0) is 8.97. The van der Waals surface area contributed by atoms with Gasteiger partial charge >= 0.3 is 6.09 Å². The molecule has 0 bridgehead atoms. The van der Waals surface area contributed by atoms with Crippen molar-refractivity contribution < 1.29 is 14.6 Å². The van der Waals surface area contributed by atoms with E-state index in [1.165, 1.54) is 6.92 Å². The second kappa shape index (κ2) is 4.27. The van der Waals surface area contributed by atoms with E-state index in [2.05, 4.69) is 10.6 Å². The molecule has 1 aliphatic rings. The summed E-state index contributed by atoms with van der Waals surface area (Å²) in [6.07, 6.45) is -0.623. The molecule has 1 saturated heterocycles. The molecule has 5 nitrogen and oxygen atoms in total. The Bertz CT molecular complexity index is 155. The van der Waals surface area contributed by atoms with E-state index in [0.717, 1.165) is 13.0 Å². The molecular weight excluding hydrogens is 160 g/mol. The molecule has 3 N–H and O–H groups in total. The molecule has 1 aliphatic heterocycles. The van der Waals surface area contributed by atoms with Gasteiger partial charge in [-0.05, 0) is 19.9 Å². The first-order chi connectivity index (χ1) is 5.68. The van der Waals surface area contributed by atoms with Crippen LogP contribution in [0.25, 0.3) is 0 Å². The van der Waals surface area contributed by atoms with E-state index in [0.29, 0.717) is 6.54 Å². The molecule has 0 aromatic rings. The number of rotatable bonds is 2. The number of ether oxygens (including phenoxy) is 1. The maximum absolute atomic E-state index is 10.9. The van der Waals surface area contributed by atoms with Crippen molar-refractivity contribution in [3.63, 3.8) is 0 Å². The van der Waals surface area contributed by atoms with Gasteiger partial charge in [0, 0.05) is 6.54 Å². The monoisotopic (exact) mass is 174 g/mol. The van der Waals surface area contributed by atoms with Crippen LogP contribution in [0, 0.1) is 0 Å². The summed E-state index contributed by atoms with van der Waals surface area (Å²) in [5.74, 6) is 0. The van der Waals surface area contributed by atoms with Crippen LogP contribution in [0.2, 0.25) is 0 Å². The minimum Gasteiger partial charge on any atom is -0.445 e. The second-order valence-corrected chi connectivity index (χ2v) is 2.84. The Balaban J connectivity index is 2.16. The standard InChI is InChI=1S/C7H14N2O3/c1-5(10)9-7(11)12-6-2-3-8-4-6/h5-6,8,10H,2-4H2,1H3,(H,9,11)/t5?,6-/m0/s1. The van der Waals surface area contributed by atoms with Gasteiger partial charge in [-0.1, -0.05) is 0 Å². The lowest BCUT2D eigenvalue weighted by atomic mass is 10.3. The summed E-state index contributed by atoms with van der Waals surface area (Å²) in [4.78, 5) is 10.9. The summed E-state index contributed by atoms with van der Waals surface area (Å²) in [7, 11) is 0. The highest BCUT2D eigenvalue weighted by Gasteiger charge is 2.18. The van der Waals surface area contributed by atoms with Crippen LogP contribution in [0.15, 0.2) is 0 Å². The Morgan fingerprint density at radius 1 is 1.83 bits per heavy atom. The van der Waals surface area contributed by atoms with Gasteiger partial charge in [0.05, 0.1) is 0 Å². The average molecular weight is 174 g/mol. The molecule has 1 unspecified atom stereocenters. The number of carbonyl (C=O) groups is 1. The first kappa shape index (κ1) is 9.28. The third-order valence-corrected chi connectivity index (χ3v) is 1.62. The highest BCUT2D eigenvalue weighted by molar-refractivity contribution is 5.67. The van der Waals surface area contributed by atoms with Crippen molar-refractivity contribution in [2.45, 2.75) is 25.7 Å². The van der Waals surface area contributed by atoms with Gasteiger partial charge in [-0.3, -0.25) is 5.32 Å². The van der Waals surface area contributed by atoms with E-state index in [1.807, 2.05) is 0 Å². The van der Waals surface area contributed by atoms with Gasteiger partial charge in [0.15, 0.2) is 0 Å². The van der Waals surface area contributed by atoms with Gasteiger partial charge in [-0.15, -0.1) is 0 Å². The molecule has 0 spiro atoms. The third-order valence-electron chi connectivity index (χ3n) is 1.62. The number of hydrogen-bond acceptors (Lipinski definition) is 4. The van der Waals surface area contributed by atoms with Gasteiger partial charge in [-0.25, -0.2) is 4.79 Å². The summed E-state index contributed by atoms with van der Waals surface area (Å²) < 4.78 is 4.95. The van der Waals surface area contributed by atoms with E-state index in [9.17, 15) is 4.79 Å². The van der Waals surface area contributed by atoms with Crippen LogP contribution in [0.5, 0.6) is 0 Å². The Kier molecular flexibility index (Phi) is 3.31. The summed E-state index contributed by atoms with van der Waals surface area (Å²) in [5.41, 5.74) is 0. The minimum absolute atomic E-state index is 0.0521. The number of alkyl carbamates (subject to hydrolysis) is 1. The van der Waals surface area contributed by atoms with E-state index in [4.69, 9.17) is 9.84 Å². The zero-order valence-electron chi connectivity index (χ0n) is 7.04. The van der Waals surface area contributed by atoms with Crippen molar-refractivity contribution in [3.8, 4) is 0 Å². The Hall–Kier alpha value is -0.810. The van der Waals surface area contributed by atoms with Gasteiger partial charge < -0.3 is 15.2 Å². The molecule has 70 valence electrons. The van der Waals surface area contributed by atoms with Crippen LogP contribution < -0.4 is 10.6 Å². The minimum atomic E-state index is -0.855. The lowest BCUT2D eigenvalue weighted by Crippen LogP contribution is -2.35. The molecular formula is C7H14N2O3. The smallest absolute Gasteiger partial charge is 0.409 e. The molecule has 1 rings (SSSR count). The average Bonchev–Trinajstić information content (AvgIpc) is 2.37. The molecule has 1 amide bonds. The summed E-state index contributed by atoms with van der Waals surface area (Å²) in [6, 6.07) is 0. The van der Waals surface area contributed by atoms with Crippen molar-refractivity contribution in [3.05, 3.63) is 0 Å². The number of nitrogens with one attached hydrogen (secondary N) is 2. The number of aliphatic hydroxyl groups excluding tert-OH is 1. The predicted octanol–water partition coefficient (Wildman–Crippen LogP) is -0.587. The molecule has 0 saturated carbocycles. The molecule has 1 heterocycles. The zero-order valence-corrected chi connectivity index (χ0v) is 7.04. The quantitative estimate of drug-likeness (QED) is 0.489. The number of aliphatic hydroxyl groups is 1. The molecule has 0 aromatic heterocycles. The molecule has 0 aliphatic carbocycles. The van der Waals surface area contributed by atoms with Crippen LogP contribution in [0.3, 0.4) is 0 Å². The SMILES string of the molecule is CC(O)NC(=O)O[C@H]1CCNC1. The number of carbonyl (C=O) groups excluding carboxylic acids is 1. The Morgan fingerprint density at radius 3 is 3.08 bits per heavy atom. The highest BCUT2D eigenvalue weighted by Crippen LogP contribution is 2.02. The maximum atomic E-state index is 10.9. The topological polar surface area (TPSA) is 70.6 Å². The van der Waals surface area contributed by atoms with Crippen LogP contribution >= 0.6 is 0 Å². The Labute approximate surface area is 71.1 Å². The fraction of sp³-hybridized carbons (Fsp3) is 0.857. The Morgan fingerprint density at radius 2 is 2.58 bits per heavy atom. The molecule has 1 fully saturated rings. The summed E-state index contributed by atoms with van der Waals surface area (Å²) in [6.45, 7) is 3.05. The first-order valence-electron chi connectivity index (χ1n) is 4.04. The van der Waals surface area contributed by atoms with Crippen molar-refractivity contribution in [1.82, 2.24) is 10.6 Å². The fourth-order valence-electron chi connectivity index (χ4n) is 1.08. The first-order valence-corrected chi connectivity index (χ1v) is 4.04. The normalized spacial score (nSPS) is 25.0. The van der Waals surface area contributed by atoms with E-state index < -0.39 is 12.3 Å². The second-order valence-electron chi connectivity index (χ2n) is 2.84. The molecule has 0 aromatic carbocycles. The van der Waals surface area contributed by atoms with Gasteiger partial charge in [-0.2, -0.15) is 0 Å². The highest BCUT2D eigenvalue weighted by atomic mass is 16.6. The van der Waals surface area contributed by atoms with Gasteiger partial charge in [0.1, 0.15) is 12.3 Å². The molecule has 12 heavy (non-hydrogen) atoms. The van der Waals surface area contributed by atoms with E-state index >= 15 is 0 Å². The summed E-state index contributed by atoms with van der Waals surface area (Å²) in [5, 5.41) is 14.1. The lowest BCUT2D eigenvalue weighted by Gasteiger charge is -2.12. The summed E-state index contributed by atoms with van der Waals surface area (Å²) >= 11 is 0. The van der Waals surface area contributed by atoms with Crippen molar-refractivity contribution >= 4 is 6.09 Å². The predicted molar refractivity (Wildman–Crippen MR) is 42.6 cm³/mol. The van der Waals surface area contributed by atoms with Gasteiger partial charge in [0.2, 0.25) is 0 Å². The van der Waals surface area contributed by atoms with E-state index in [-0.39, 0.29) is 6.10 Å². The van der Waals surface area contributed by atoms with Crippen molar-refractivity contribution in [1.29, 1.82) is 0 Å². The number of hydrogen-bond donors (Lipinski definition) is 3. The third kappa shape index (κ3) is 3.06. The van der Waals surface area contributed by atoms with Crippen LogP contribution in [0.1, 0.15) is 13.3 Å². The van der Waals surface area contributed by atoms with Gasteiger partial charge in [0.25, 0.3) is 0 Å². The molecule has 0 radical (unpaired) electrons. The van der Waals surface area contributed by atoms with Crippen molar-refractivity contribution in [2.24, 2.45) is 0 Å². The van der Waals surface area contributed by atoms with Crippen LogP contribution in [-0.2, 0) is 4.74 Å². The van der Waals surface area contributed by atoms with E-state index in [1.54, 1.807) is 0 Å². The lowest BCUT2D eigenvalue weighted by molar-refractivity contribution is 0.0814.